The summed E-state index contributed by atoms with van der Waals surface area (Å²) in [5, 5.41) is 2.45. The number of rotatable bonds is 5. The second-order valence-corrected chi connectivity index (χ2v) is 11.4. The van der Waals surface area contributed by atoms with Crippen molar-refractivity contribution in [3.63, 3.8) is 0 Å². The van der Waals surface area contributed by atoms with Crippen LogP contribution in [0, 0.1) is 11.8 Å². The molecule has 6 aromatic rings. The monoisotopic (exact) mass is 485 g/mol. The van der Waals surface area contributed by atoms with Crippen molar-refractivity contribution in [1.29, 1.82) is 0 Å². The van der Waals surface area contributed by atoms with E-state index < -0.39 is 0 Å². The topological polar surface area (TPSA) is 21.9 Å². The van der Waals surface area contributed by atoms with Gasteiger partial charge in [-0.05, 0) is 60.6 Å². The van der Waals surface area contributed by atoms with Crippen LogP contribution >= 0.6 is 0 Å². The van der Waals surface area contributed by atoms with Crippen molar-refractivity contribution in [1.82, 2.24) is 4.57 Å². The smallest absolute Gasteiger partial charge is 0.295 e. The first-order chi connectivity index (χ1) is 18.0. The Balaban J connectivity index is 1.69. The maximum absolute atomic E-state index is 6.66. The second kappa shape index (κ2) is 8.34. The summed E-state index contributed by atoms with van der Waals surface area (Å²) in [5.74, 6) is 2.36. The van der Waals surface area contributed by atoms with E-state index in [0.29, 0.717) is 11.8 Å². The molecule has 3 heteroatoms. The third kappa shape index (κ3) is 3.37. The molecule has 4 aromatic carbocycles. The number of benzene rings is 4. The molecule has 2 aromatic heterocycles. The summed E-state index contributed by atoms with van der Waals surface area (Å²) in [4.78, 5) is 0. The van der Waals surface area contributed by atoms with Crippen LogP contribution in [-0.2, 0) is 19.4 Å². The highest BCUT2D eigenvalue weighted by atomic mass is 16.3. The van der Waals surface area contributed by atoms with Gasteiger partial charge in [0.15, 0.2) is 11.0 Å². The highest BCUT2D eigenvalue weighted by Crippen LogP contribution is 2.43. The first kappa shape index (κ1) is 22.4. The molecule has 0 amide bonds. The van der Waals surface area contributed by atoms with Crippen LogP contribution in [0.5, 0.6) is 0 Å². The molecule has 1 aliphatic rings. The van der Waals surface area contributed by atoms with E-state index in [4.69, 9.17) is 4.42 Å². The zero-order valence-corrected chi connectivity index (χ0v) is 22.1. The molecular weight excluding hydrogens is 452 g/mol. The maximum atomic E-state index is 6.66. The third-order valence-corrected chi connectivity index (χ3v) is 7.72. The van der Waals surface area contributed by atoms with Gasteiger partial charge in [-0.1, -0.05) is 76.2 Å². The fourth-order valence-corrected chi connectivity index (χ4v) is 6.38. The molecule has 0 aliphatic carbocycles. The molecule has 0 fully saturated rings. The highest BCUT2D eigenvalue weighted by molar-refractivity contribution is 6.11. The SMILES string of the molecule is CC(C)Cc1cc(CC(C)C)c2oc3ccccc3c2c1-n1c2[n+](c3ccccc31)Cc1ccccc1-2. The van der Waals surface area contributed by atoms with Gasteiger partial charge in [0.2, 0.25) is 0 Å². The van der Waals surface area contributed by atoms with E-state index in [-0.39, 0.29) is 0 Å². The Kier molecular flexibility index (Phi) is 5.04. The number of hydrogen-bond donors (Lipinski definition) is 0. The molecule has 0 N–H and O–H groups in total. The molecule has 3 nitrogen and oxygen atoms in total. The molecule has 3 heterocycles. The summed E-state index contributed by atoms with van der Waals surface area (Å²) in [6.45, 7) is 10.1. The zero-order chi connectivity index (χ0) is 25.3. The molecule has 0 bridgehead atoms. The molecule has 0 spiro atoms. The lowest BCUT2D eigenvalue weighted by Crippen LogP contribution is -2.31. The minimum atomic E-state index is 0.538. The summed E-state index contributed by atoms with van der Waals surface area (Å²) in [7, 11) is 0. The molecule has 0 radical (unpaired) electrons. The molecule has 0 saturated carbocycles. The Bertz CT molecular complexity index is 1820. The predicted octanol–water partition coefficient (Wildman–Crippen LogP) is 8.24. The van der Waals surface area contributed by atoms with E-state index in [1.165, 1.54) is 55.6 Å². The van der Waals surface area contributed by atoms with E-state index in [0.717, 1.165) is 30.6 Å². The van der Waals surface area contributed by atoms with Gasteiger partial charge in [0.25, 0.3) is 5.82 Å². The average molecular weight is 486 g/mol. The fraction of sp³-hybridized carbons (Fsp3) is 0.265. The Morgan fingerprint density at radius 3 is 2.35 bits per heavy atom. The molecule has 184 valence electrons. The van der Waals surface area contributed by atoms with Crippen molar-refractivity contribution in [2.45, 2.75) is 47.1 Å². The lowest BCUT2D eigenvalue weighted by atomic mass is 9.92. The summed E-state index contributed by atoms with van der Waals surface area (Å²) in [5.41, 5.74) is 11.2. The largest absolute Gasteiger partial charge is 0.456 e. The predicted molar refractivity (Wildman–Crippen MR) is 152 cm³/mol. The van der Waals surface area contributed by atoms with Gasteiger partial charge in [-0.3, -0.25) is 0 Å². The van der Waals surface area contributed by atoms with Gasteiger partial charge >= 0.3 is 0 Å². The molecule has 37 heavy (non-hydrogen) atoms. The highest BCUT2D eigenvalue weighted by Gasteiger charge is 2.37. The minimum absolute atomic E-state index is 0.538. The van der Waals surface area contributed by atoms with Crippen LogP contribution in [0.3, 0.4) is 0 Å². The van der Waals surface area contributed by atoms with Crippen molar-refractivity contribution in [2.24, 2.45) is 11.8 Å². The van der Waals surface area contributed by atoms with Crippen LogP contribution in [0.15, 0.2) is 83.3 Å². The molecule has 1 aliphatic heterocycles. The van der Waals surface area contributed by atoms with E-state index in [9.17, 15) is 0 Å². The standard InChI is InChI=1S/C34H33N2O/c1-21(2)17-24-19-25(18-22(3)4)33-31(27-13-7-10-16-30(27)37-33)32(24)36-29-15-9-8-14-28(29)35-20-23-11-5-6-12-26(23)34(35)36/h5-16,19,21-22H,17-18,20H2,1-4H3/q+1. The molecule has 0 saturated heterocycles. The van der Waals surface area contributed by atoms with E-state index in [1.54, 1.807) is 0 Å². The second-order valence-electron chi connectivity index (χ2n) is 11.4. The van der Waals surface area contributed by atoms with Gasteiger partial charge in [0.05, 0.1) is 10.9 Å². The number of para-hydroxylation sites is 3. The van der Waals surface area contributed by atoms with E-state index >= 15 is 0 Å². The first-order valence-electron chi connectivity index (χ1n) is 13.6. The molecule has 0 atom stereocenters. The number of fused-ring (bicyclic) bond motifs is 8. The fourth-order valence-electron chi connectivity index (χ4n) is 6.38. The average Bonchev–Trinajstić information content (AvgIpc) is 3.53. The Morgan fingerprint density at radius 2 is 1.51 bits per heavy atom. The van der Waals surface area contributed by atoms with Gasteiger partial charge in [0, 0.05) is 16.5 Å². The first-order valence-corrected chi connectivity index (χ1v) is 13.6. The zero-order valence-electron chi connectivity index (χ0n) is 22.1. The molecular formula is C34H33N2O+. The molecule has 0 unspecified atom stereocenters. The van der Waals surface area contributed by atoms with Crippen molar-refractivity contribution in [3.8, 4) is 17.1 Å². The van der Waals surface area contributed by atoms with Gasteiger partial charge in [-0.2, -0.15) is 4.57 Å². The number of furan rings is 1. The Hall–Kier alpha value is -3.85. The summed E-state index contributed by atoms with van der Waals surface area (Å²) in [6.07, 6.45) is 2.02. The maximum Gasteiger partial charge on any atom is 0.295 e. The van der Waals surface area contributed by atoms with Crippen molar-refractivity contribution in [3.05, 3.63) is 95.6 Å². The van der Waals surface area contributed by atoms with E-state index in [1.807, 2.05) is 0 Å². The van der Waals surface area contributed by atoms with Crippen LogP contribution in [0.4, 0.5) is 0 Å². The summed E-state index contributed by atoms with van der Waals surface area (Å²) in [6, 6.07) is 28.8. The van der Waals surface area contributed by atoms with Gasteiger partial charge in [-0.25, -0.2) is 4.57 Å². The third-order valence-electron chi connectivity index (χ3n) is 7.72. The number of aromatic nitrogens is 2. The van der Waals surface area contributed by atoms with Crippen molar-refractivity contribution >= 4 is 33.0 Å². The Labute approximate surface area is 218 Å². The van der Waals surface area contributed by atoms with Crippen LogP contribution in [0.1, 0.15) is 44.4 Å². The van der Waals surface area contributed by atoms with Crippen LogP contribution in [-0.4, -0.2) is 4.57 Å². The van der Waals surface area contributed by atoms with Crippen molar-refractivity contribution in [2.75, 3.05) is 0 Å². The van der Waals surface area contributed by atoms with Crippen LogP contribution in [0.25, 0.3) is 50.0 Å². The number of nitrogens with zero attached hydrogens (tertiary/aromatic N) is 2. The van der Waals surface area contributed by atoms with Crippen LogP contribution < -0.4 is 4.57 Å². The van der Waals surface area contributed by atoms with E-state index in [2.05, 4.69) is 116 Å². The summed E-state index contributed by atoms with van der Waals surface area (Å²) < 4.78 is 11.7. The quantitative estimate of drug-likeness (QED) is 0.225. The van der Waals surface area contributed by atoms with Crippen LogP contribution in [0.2, 0.25) is 0 Å². The normalized spacial score (nSPS) is 12.9. The number of hydrogen-bond acceptors (Lipinski definition) is 1. The number of imidazole rings is 1. The molecule has 7 rings (SSSR count). The lowest BCUT2D eigenvalue weighted by Gasteiger charge is -2.16. The summed E-state index contributed by atoms with van der Waals surface area (Å²) >= 11 is 0. The Morgan fingerprint density at radius 1 is 0.811 bits per heavy atom. The van der Waals surface area contributed by atoms with Gasteiger partial charge in [-0.15, -0.1) is 0 Å². The minimum Gasteiger partial charge on any atom is -0.456 e. The van der Waals surface area contributed by atoms with Gasteiger partial charge < -0.3 is 4.42 Å². The van der Waals surface area contributed by atoms with Gasteiger partial charge in [0.1, 0.15) is 23.4 Å². The lowest BCUT2D eigenvalue weighted by molar-refractivity contribution is -0.645. The van der Waals surface area contributed by atoms with Crippen molar-refractivity contribution < 1.29 is 8.98 Å².